The van der Waals surface area contributed by atoms with E-state index in [-0.39, 0.29) is 12.3 Å². The van der Waals surface area contributed by atoms with Crippen molar-refractivity contribution in [3.63, 3.8) is 0 Å². The Morgan fingerprint density at radius 2 is 1.70 bits per heavy atom. The molecule has 162 valence electrons. The Morgan fingerprint density at radius 1 is 1.07 bits per heavy atom. The first kappa shape index (κ1) is 21.5. The van der Waals surface area contributed by atoms with E-state index in [0.717, 1.165) is 5.56 Å². The van der Waals surface area contributed by atoms with Crippen LogP contribution in [0.15, 0.2) is 18.2 Å². The summed E-state index contributed by atoms with van der Waals surface area (Å²) in [5.41, 5.74) is 1.42. The minimum absolute atomic E-state index is 0.0237. The molecule has 30 heavy (non-hydrogen) atoms. The third-order valence-electron chi connectivity index (χ3n) is 4.84. The second-order valence-electron chi connectivity index (χ2n) is 7.03. The highest BCUT2D eigenvalue weighted by atomic mass is 16.6. The summed E-state index contributed by atoms with van der Waals surface area (Å²) in [4.78, 5) is 47.3. The summed E-state index contributed by atoms with van der Waals surface area (Å²) in [5, 5.41) is 11.0. The molecule has 3 rings (SSSR count). The van der Waals surface area contributed by atoms with Crippen LogP contribution in [0.1, 0.15) is 26.3 Å². The van der Waals surface area contributed by atoms with Crippen molar-refractivity contribution in [2.45, 2.75) is 51.7 Å². The van der Waals surface area contributed by atoms with Gasteiger partial charge in [-0.1, -0.05) is 0 Å². The highest BCUT2D eigenvalue weighted by Gasteiger charge is 2.50. The van der Waals surface area contributed by atoms with Gasteiger partial charge in [0.15, 0.2) is 24.5 Å². The Kier molecular flexibility index (Phi) is 6.20. The molecular weight excluding hydrogens is 400 g/mol. The van der Waals surface area contributed by atoms with Crippen LogP contribution in [0.25, 0.3) is 0 Å². The van der Waals surface area contributed by atoms with Gasteiger partial charge in [-0.15, -0.1) is 0 Å². The zero-order valence-electron chi connectivity index (χ0n) is 16.7. The van der Waals surface area contributed by atoms with Gasteiger partial charge in [0.1, 0.15) is 0 Å². The highest BCUT2D eigenvalue weighted by Crippen LogP contribution is 2.36. The number of carbonyl (C=O) groups excluding carboxylic acids is 3. The molecular formula is C19H22N2O9. The summed E-state index contributed by atoms with van der Waals surface area (Å²) < 4.78 is 21.9. The van der Waals surface area contributed by atoms with Crippen molar-refractivity contribution in [1.82, 2.24) is 0 Å². The van der Waals surface area contributed by atoms with Crippen molar-refractivity contribution in [1.29, 1.82) is 0 Å². The minimum atomic E-state index is -1.08. The largest absolute Gasteiger partial charge is 0.456 e. The number of benzene rings is 1. The summed E-state index contributed by atoms with van der Waals surface area (Å²) in [5.74, 6) is -1.86. The number of ether oxygens (including phenoxy) is 4. The summed E-state index contributed by atoms with van der Waals surface area (Å²) >= 11 is 0. The molecule has 11 nitrogen and oxygen atoms in total. The second kappa shape index (κ2) is 8.66. The maximum Gasteiger partial charge on any atom is 0.303 e. The predicted octanol–water partition coefficient (Wildman–Crippen LogP) is 1.11. The number of esters is 3. The molecule has 2 aliphatic heterocycles. The third-order valence-corrected chi connectivity index (χ3v) is 4.84. The van der Waals surface area contributed by atoms with Crippen molar-refractivity contribution < 1.29 is 38.3 Å². The van der Waals surface area contributed by atoms with Crippen molar-refractivity contribution in [2.75, 3.05) is 18.1 Å². The van der Waals surface area contributed by atoms with Crippen molar-refractivity contribution in [3.05, 3.63) is 33.9 Å². The zero-order chi connectivity index (χ0) is 22.0. The molecule has 0 saturated carbocycles. The molecule has 4 atom stereocenters. The van der Waals surface area contributed by atoms with Crippen molar-refractivity contribution >= 4 is 29.3 Å². The van der Waals surface area contributed by atoms with E-state index in [1.165, 1.54) is 32.9 Å². The summed E-state index contributed by atoms with van der Waals surface area (Å²) in [6, 6.07) is 4.48. The van der Waals surface area contributed by atoms with Gasteiger partial charge in [0.05, 0.1) is 11.5 Å². The lowest BCUT2D eigenvalue weighted by Gasteiger charge is -2.44. The topological polar surface area (TPSA) is 135 Å². The lowest BCUT2D eigenvalue weighted by Crippen LogP contribution is -2.62. The number of nitro benzene ring substituents is 1. The van der Waals surface area contributed by atoms with Crippen LogP contribution in [-0.2, 0) is 39.8 Å². The Morgan fingerprint density at radius 3 is 2.30 bits per heavy atom. The van der Waals surface area contributed by atoms with Gasteiger partial charge in [-0.2, -0.15) is 0 Å². The van der Waals surface area contributed by atoms with Gasteiger partial charge >= 0.3 is 17.9 Å². The number of hydrogen-bond acceptors (Lipinski definition) is 10. The molecule has 1 fully saturated rings. The first-order chi connectivity index (χ1) is 14.2. The summed E-state index contributed by atoms with van der Waals surface area (Å²) in [6.07, 6.45) is -3.42. The van der Waals surface area contributed by atoms with Gasteiger partial charge in [-0.3, -0.25) is 24.5 Å². The van der Waals surface area contributed by atoms with E-state index < -0.39 is 47.4 Å². The van der Waals surface area contributed by atoms with Crippen LogP contribution in [0, 0.1) is 10.1 Å². The summed E-state index contributed by atoms with van der Waals surface area (Å²) in [6.45, 7) is 3.98. The molecule has 1 aromatic carbocycles. The number of anilines is 1. The number of non-ortho nitro benzene ring substituents is 1. The zero-order valence-corrected chi connectivity index (χ0v) is 16.7. The van der Waals surface area contributed by atoms with Crippen LogP contribution >= 0.6 is 0 Å². The predicted molar refractivity (Wildman–Crippen MR) is 101 cm³/mol. The fraction of sp³-hybridized carbons (Fsp3) is 0.526. The number of hydrogen-bond donors (Lipinski definition) is 0. The smallest absolute Gasteiger partial charge is 0.303 e. The van der Waals surface area contributed by atoms with Gasteiger partial charge in [0, 0.05) is 45.1 Å². The highest BCUT2D eigenvalue weighted by molar-refractivity contribution is 5.69. The Labute approximate surface area is 172 Å². The second-order valence-corrected chi connectivity index (χ2v) is 7.03. The number of fused-ring (bicyclic) bond motifs is 1. The van der Waals surface area contributed by atoms with E-state index in [1.807, 2.05) is 0 Å². The molecule has 0 unspecified atom stereocenters. The van der Waals surface area contributed by atoms with Gasteiger partial charge in [0.2, 0.25) is 0 Å². The Balaban J connectivity index is 1.94. The molecule has 0 aliphatic carbocycles. The van der Waals surface area contributed by atoms with Gasteiger partial charge < -0.3 is 23.8 Å². The third kappa shape index (κ3) is 4.51. The molecule has 1 aromatic rings. The van der Waals surface area contributed by atoms with E-state index in [9.17, 15) is 24.5 Å². The average Bonchev–Trinajstić information content (AvgIpc) is 3.06. The molecule has 0 amide bonds. The first-order valence-electron chi connectivity index (χ1n) is 9.34. The first-order valence-corrected chi connectivity index (χ1v) is 9.34. The fourth-order valence-electron chi connectivity index (χ4n) is 3.78. The van der Waals surface area contributed by atoms with Gasteiger partial charge in [-0.25, -0.2) is 0 Å². The molecule has 1 saturated heterocycles. The minimum Gasteiger partial charge on any atom is -0.456 e. The van der Waals surface area contributed by atoms with E-state index in [2.05, 4.69) is 0 Å². The molecule has 0 N–H and O–H groups in total. The van der Waals surface area contributed by atoms with Gasteiger partial charge in [-0.05, 0) is 18.1 Å². The van der Waals surface area contributed by atoms with E-state index >= 15 is 0 Å². The van der Waals surface area contributed by atoms with Crippen LogP contribution in [0.4, 0.5) is 11.4 Å². The van der Waals surface area contributed by atoms with Crippen LogP contribution in [-0.4, -0.2) is 60.5 Å². The van der Waals surface area contributed by atoms with E-state index in [0.29, 0.717) is 18.7 Å². The standard InChI is InChI=1S/C19H22N2O9/c1-10(22)28-16-9-27-19(18(30-12(3)24)17(16)29-11(2)23)20-7-6-13-8-14(21(25)26)4-5-15(13)20/h4-5,8,16-19H,6-7,9H2,1-3H3/t16-,17-,18-,19+/m1/s1. The molecule has 2 aliphatic rings. The number of carbonyl (C=O) groups is 3. The van der Waals surface area contributed by atoms with Crippen LogP contribution in [0.5, 0.6) is 0 Å². The van der Waals surface area contributed by atoms with Crippen LogP contribution < -0.4 is 4.90 Å². The van der Waals surface area contributed by atoms with Crippen LogP contribution in [0.3, 0.4) is 0 Å². The molecule has 0 radical (unpaired) electrons. The Bertz CT molecular complexity index is 872. The quantitative estimate of drug-likeness (QED) is 0.294. The molecule has 2 heterocycles. The maximum absolute atomic E-state index is 11.8. The van der Waals surface area contributed by atoms with Crippen molar-refractivity contribution in [2.24, 2.45) is 0 Å². The normalized spacial score (nSPS) is 25.2. The molecule has 0 spiro atoms. The SMILES string of the molecule is CC(=O)O[C@@H]1[C@H](OC(C)=O)[C@H](OC(C)=O)CO[C@@H]1N1CCc2cc([N+](=O)[O-])ccc21. The molecule has 0 bridgehead atoms. The number of nitrogens with zero attached hydrogens (tertiary/aromatic N) is 2. The van der Waals surface area contributed by atoms with E-state index in [1.54, 1.807) is 11.0 Å². The Hall–Kier alpha value is -3.21. The van der Waals surface area contributed by atoms with Gasteiger partial charge in [0.25, 0.3) is 5.69 Å². The monoisotopic (exact) mass is 422 g/mol. The summed E-state index contributed by atoms with van der Waals surface area (Å²) in [7, 11) is 0. The van der Waals surface area contributed by atoms with Crippen molar-refractivity contribution in [3.8, 4) is 0 Å². The average molecular weight is 422 g/mol. The lowest BCUT2D eigenvalue weighted by molar-refractivity contribution is -0.384. The fourth-order valence-corrected chi connectivity index (χ4v) is 3.78. The maximum atomic E-state index is 11.8. The van der Waals surface area contributed by atoms with E-state index in [4.69, 9.17) is 18.9 Å². The lowest BCUT2D eigenvalue weighted by atomic mass is 10.0. The number of nitro groups is 1. The van der Waals surface area contributed by atoms with Crippen LogP contribution in [0.2, 0.25) is 0 Å². The molecule has 0 aromatic heterocycles. The number of rotatable bonds is 5. The molecule has 11 heteroatoms.